The predicted molar refractivity (Wildman–Crippen MR) is 57.7 cm³/mol. The van der Waals surface area contributed by atoms with E-state index >= 15 is 0 Å². The van der Waals surface area contributed by atoms with E-state index in [9.17, 15) is 9.90 Å². The third kappa shape index (κ3) is 3.64. The van der Waals surface area contributed by atoms with E-state index in [1.54, 1.807) is 18.2 Å². The number of anilines is 1. The van der Waals surface area contributed by atoms with Gasteiger partial charge in [0.25, 0.3) is 0 Å². The van der Waals surface area contributed by atoms with E-state index in [1.165, 1.54) is 6.07 Å². The monoisotopic (exact) mass is 216 g/mol. The van der Waals surface area contributed by atoms with Crippen molar-refractivity contribution in [3.8, 4) is 5.75 Å². The summed E-state index contributed by atoms with van der Waals surface area (Å²) in [5, 5.41) is 11.8. The van der Waals surface area contributed by atoms with Gasteiger partial charge in [-0.2, -0.15) is 0 Å². The minimum Gasteiger partial charge on any atom is -0.506 e. The van der Waals surface area contributed by atoms with Crippen molar-refractivity contribution in [2.24, 2.45) is 5.73 Å². The first-order valence-corrected chi connectivity index (χ1v) is 4.02. The number of aromatic hydroxyl groups is 1. The van der Waals surface area contributed by atoms with Crippen molar-refractivity contribution in [2.75, 3.05) is 11.9 Å². The van der Waals surface area contributed by atoms with Gasteiger partial charge < -0.3 is 16.2 Å². The molecule has 0 bridgehead atoms. The van der Waals surface area contributed by atoms with Crippen LogP contribution in [-0.2, 0) is 4.79 Å². The molecule has 0 saturated carbocycles. The Kier molecular flexibility index (Phi) is 5.67. The molecule has 1 aromatic carbocycles. The number of carbonyl (C=O) groups excluding carboxylic acids is 1. The third-order valence-electron chi connectivity index (χ3n) is 1.55. The fraction of sp³-hybridized carbons (Fsp3) is 0.222. The number of hydrogen-bond donors (Lipinski definition) is 3. The Morgan fingerprint density at radius 3 is 2.64 bits per heavy atom. The average Bonchev–Trinajstić information content (AvgIpc) is 2.09. The molecule has 0 aliphatic rings. The summed E-state index contributed by atoms with van der Waals surface area (Å²) in [7, 11) is 0. The number of halogens is 1. The van der Waals surface area contributed by atoms with E-state index in [4.69, 9.17) is 5.73 Å². The molecular formula is C9H13ClN2O2. The molecule has 0 aliphatic heterocycles. The number of nitrogens with one attached hydrogen (secondary N) is 1. The number of carbonyl (C=O) groups is 1. The lowest BCUT2D eigenvalue weighted by Gasteiger charge is -2.05. The Morgan fingerprint density at radius 1 is 1.43 bits per heavy atom. The van der Waals surface area contributed by atoms with Crippen LogP contribution < -0.4 is 11.1 Å². The fourth-order valence-electron chi connectivity index (χ4n) is 0.923. The number of nitrogens with two attached hydrogens (primary N) is 1. The minimum atomic E-state index is -0.191. The number of phenolic OH excluding ortho intramolecular Hbond substituents is 1. The SMILES string of the molecule is Cl.NCCC(=O)Nc1ccccc1O. The summed E-state index contributed by atoms with van der Waals surface area (Å²) in [4.78, 5) is 11.1. The molecule has 78 valence electrons. The fourth-order valence-corrected chi connectivity index (χ4v) is 0.923. The molecule has 5 heteroatoms. The minimum absolute atomic E-state index is 0. The second-order valence-corrected chi connectivity index (χ2v) is 2.60. The number of benzene rings is 1. The van der Waals surface area contributed by atoms with Crippen molar-refractivity contribution in [2.45, 2.75) is 6.42 Å². The van der Waals surface area contributed by atoms with Gasteiger partial charge in [0.05, 0.1) is 5.69 Å². The Balaban J connectivity index is 0.00000169. The molecule has 1 aromatic rings. The topological polar surface area (TPSA) is 75.4 Å². The molecule has 4 nitrogen and oxygen atoms in total. The maximum absolute atomic E-state index is 11.1. The lowest BCUT2D eigenvalue weighted by molar-refractivity contribution is -0.116. The molecule has 0 fully saturated rings. The molecule has 14 heavy (non-hydrogen) atoms. The van der Waals surface area contributed by atoms with E-state index in [-0.39, 0.29) is 30.5 Å². The Labute approximate surface area is 88.5 Å². The Bertz CT molecular complexity index is 305. The van der Waals surface area contributed by atoms with Crippen LogP contribution in [0.25, 0.3) is 0 Å². The molecule has 0 aliphatic carbocycles. The Hall–Kier alpha value is -1.26. The molecule has 0 unspecified atom stereocenters. The van der Waals surface area contributed by atoms with Crippen LogP contribution in [0.5, 0.6) is 5.75 Å². The summed E-state index contributed by atoms with van der Waals surface area (Å²) in [6, 6.07) is 6.56. The highest BCUT2D eigenvalue weighted by Gasteiger charge is 2.03. The van der Waals surface area contributed by atoms with Gasteiger partial charge in [-0.25, -0.2) is 0 Å². The molecule has 0 heterocycles. The highest BCUT2D eigenvalue weighted by Crippen LogP contribution is 2.21. The van der Waals surface area contributed by atoms with Gasteiger partial charge in [0.15, 0.2) is 0 Å². The van der Waals surface area contributed by atoms with Gasteiger partial charge in [-0.1, -0.05) is 12.1 Å². The zero-order valence-corrected chi connectivity index (χ0v) is 8.38. The number of amides is 1. The molecule has 1 amide bonds. The highest BCUT2D eigenvalue weighted by atomic mass is 35.5. The molecule has 0 saturated heterocycles. The second-order valence-electron chi connectivity index (χ2n) is 2.60. The van der Waals surface area contributed by atoms with E-state index < -0.39 is 0 Å². The van der Waals surface area contributed by atoms with E-state index in [2.05, 4.69) is 5.32 Å². The largest absolute Gasteiger partial charge is 0.506 e. The zero-order chi connectivity index (χ0) is 9.68. The second kappa shape index (κ2) is 6.23. The first-order chi connectivity index (χ1) is 6.24. The van der Waals surface area contributed by atoms with Crippen LogP contribution in [0, 0.1) is 0 Å². The number of hydrogen-bond acceptors (Lipinski definition) is 3. The van der Waals surface area contributed by atoms with Gasteiger partial charge in [-0.05, 0) is 12.1 Å². The van der Waals surface area contributed by atoms with Gasteiger partial charge in [0, 0.05) is 13.0 Å². The van der Waals surface area contributed by atoms with Crippen LogP contribution in [0.15, 0.2) is 24.3 Å². The molecule has 0 aromatic heterocycles. The van der Waals surface area contributed by atoms with Crippen LogP contribution in [0.4, 0.5) is 5.69 Å². The van der Waals surface area contributed by atoms with E-state index in [0.29, 0.717) is 12.2 Å². The first kappa shape index (κ1) is 12.7. The average molecular weight is 217 g/mol. The van der Waals surface area contributed by atoms with Gasteiger partial charge in [0.1, 0.15) is 5.75 Å². The zero-order valence-electron chi connectivity index (χ0n) is 7.56. The quantitative estimate of drug-likeness (QED) is 0.663. The first-order valence-electron chi connectivity index (χ1n) is 4.02. The molecule has 4 N–H and O–H groups in total. The maximum atomic E-state index is 11.1. The summed E-state index contributed by atoms with van der Waals surface area (Å²) < 4.78 is 0. The molecule has 1 rings (SSSR count). The summed E-state index contributed by atoms with van der Waals surface area (Å²) >= 11 is 0. The molecular weight excluding hydrogens is 204 g/mol. The van der Waals surface area contributed by atoms with Gasteiger partial charge in [-0.3, -0.25) is 4.79 Å². The predicted octanol–water partition coefficient (Wildman–Crippen LogP) is 1.10. The number of rotatable bonds is 3. The number of para-hydroxylation sites is 2. The van der Waals surface area contributed by atoms with Crippen LogP contribution in [0.3, 0.4) is 0 Å². The van der Waals surface area contributed by atoms with Crippen LogP contribution in [0.2, 0.25) is 0 Å². The third-order valence-corrected chi connectivity index (χ3v) is 1.55. The van der Waals surface area contributed by atoms with Crippen molar-refractivity contribution >= 4 is 24.0 Å². The van der Waals surface area contributed by atoms with Crippen LogP contribution in [0.1, 0.15) is 6.42 Å². The molecule has 0 radical (unpaired) electrons. The van der Waals surface area contributed by atoms with Crippen molar-refractivity contribution in [3.63, 3.8) is 0 Å². The molecule has 0 spiro atoms. The summed E-state index contributed by atoms with van der Waals surface area (Å²) in [5.74, 6) is -0.128. The number of phenols is 1. The van der Waals surface area contributed by atoms with Gasteiger partial charge in [0.2, 0.25) is 5.91 Å². The summed E-state index contributed by atoms with van der Waals surface area (Å²) in [5.41, 5.74) is 5.62. The van der Waals surface area contributed by atoms with Crippen molar-refractivity contribution < 1.29 is 9.90 Å². The van der Waals surface area contributed by atoms with Gasteiger partial charge in [-0.15, -0.1) is 12.4 Å². The summed E-state index contributed by atoms with van der Waals surface area (Å²) in [6.07, 6.45) is 0.258. The smallest absolute Gasteiger partial charge is 0.225 e. The lowest BCUT2D eigenvalue weighted by atomic mass is 10.3. The summed E-state index contributed by atoms with van der Waals surface area (Å²) in [6.45, 7) is 0.305. The van der Waals surface area contributed by atoms with Gasteiger partial charge >= 0.3 is 0 Å². The van der Waals surface area contributed by atoms with Crippen molar-refractivity contribution in [1.29, 1.82) is 0 Å². The maximum Gasteiger partial charge on any atom is 0.225 e. The van der Waals surface area contributed by atoms with E-state index in [0.717, 1.165) is 0 Å². The van der Waals surface area contributed by atoms with Crippen LogP contribution >= 0.6 is 12.4 Å². The lowest BCUT2D eigenvalue weighted by Crippen LogP contribution is -2.16. The molecule has 0 atom stereocenters. The standard InChI is InChI=1S/C9H12N2O2.ClH/c10-6-5-9(13)11-7-3-1-2-4-8(7)12;/h1-4,12H,5-6,10H2,(H,11,13);1H. The highest BCUT2D eigenvalue weighted by molar-refractivity contribution is 5.92. The normalized spacial score (nSPS) is 8.93. The van der Waals surface area contributed by atoms with Crippen molar-refractivity contribution in [3.05, 3.63) is 24.3 Å². The van der Waals surface area contributed by atoms with E-state index in [1.807, 2.05) is 0 Å². The Morgan fingerprint density at radius 2 is 2.07 bits per heavy atom. The van der Waals surface area contributed by atoms with Crippen LogP contribution in [-0.4, -0.2) is 17.6 Å². The van der Waals surface area contributed by atoms with Crippen molar-refractivity contribution in [1.82, 2.24) is 0 Å².